The molecule has 2 atom stereocenters. The normalized spacial score (nSPS) is 15.1. The van der Waals surface area contributed by atoms with Crippen molar-refractivity contribution in [2.75, 3.05) is 0 Å². The van der Waals surface area contributed by atoms with Crippen molar-refractivity contribution < 1.29 is 0 Å². The van der Waals surface area contributed by atoms with Gasteiger partial charge >= 0.3 is 0 Å². The monoisotopic (exact) mass is 253 g/mol. The quantitative estimate of drug-likeness (QED) is 0.687. The predicted octanol–water partition coefficient (Wildman–Crippen LogP) is 5.00. The predicted molar refractivity (Wildman–Crippen MR) is 78.6 cm³/mol. The summed E-state index contributed by atoms with van der Waals surface area (Å²) in [5, 5.41) is 5.97. The van der Waals surface area contributed by atoms with E-state index < -0.39 is 0 Å². The minimum atomic E-state index is 0.558. The topological polar surface area (TPSA) is 12.0 Å². The van der Waals surface area contributed by atoms with Crippen molar-refractivity contribution in [1.29, 1.82) is 0 Å². The van der Waals surface area contributed by atoms with Crippen LogP contribution in [0.25, 0.3) is 0 Å². The van der Waals surface area contributed by atoms with E-state index in [-0.39, 0.29) is 0 Å². The van der Waals surface area contributed by atoms with Gasteiger partial charge in [0.25, 0.3) is 0 Å². The Labute approximate surface area is 111 Å². The van der Waals surface area contributed by atoms with Gasteiger partial charge < -0.3 is 5.32 Å². The van der Waals surface area contributed by atoms with Gasteiger partial charge in [0.2, 0.25) is 0 Å². The number of hydrogen-bond donors (Lipinski definition) is 1. The summed E-state index contributed by atoms with van der Waals surface area (Å²) in [7, 11) is 0. The number of hydrogen-bond acceptors (Lipinski definition) is 2. The molecule has 2 heteroatoms. The summed E-state index contributed by atoms with van der Waals surface area (Å²) in [5.74, 6) is 0.811. The highest BCUT2D eigenvalue weighted by molar-refractivity contribution is 7.10. The summed E-state index contributed by atoms with van der Waals surface area (Å²) >= 11 is 1.87. The molecule has 0 aromatic carbocycles. The highest BCUT2D eigenvalue weighted by Crippen LogP contribution is 2.24. The van der Waals surface area contributed by atoms with Crippen LogP contribution in [-0.4, -0.2) is 6.04 Å². The molecule has 0 fully saturated rings. The fourth-order valence-corrected chi connectivity index (χ4v) is 2.92. The third kappa shape index (κ3) is 5.69. The summed E-state index contributed by atoms with van der Waals surface area (Å²) in [6.45, 7) is 9.19. The van der Waals surface area contributed by atoms with E-state index in [1.54, 1.807) is 0 Å². The van der Waals surface area contributed by atoms with Crippen molar-refractivity contribution in [2.24, 2.45) is 5.92 Å². The first-order chi connectivity index (χ1) is 8.13. The maximum Gasteiger partial charge on any atom is 0.0416 e. The van der Waals surface area contributed by atoms with E-state index in [2.05, 4.69) is 50.5 Å². The van der Waals surface area contributed by atoms with Crippen molar-refractivity contribution in [1.82, 2.24) is 5.32 Å². The maximum absolute atomic E-state index is 3.79. The van der Waals surface area contributed by atoms with E-state index >= 15 is 0 Å². The second kappa shape index (κ2) is 7.88. The van der Waals surface area contributed by atoms with Gasteiger partial charge in [-0.15, -0.1) is 11.3 Å². The molecule has 0 aliphatic rings. The molecule has 98 valence electrons. The van der Waals surface area contributed by atoms with Crippen molar-refractivity contribution in [3.63, 3.8) is 0 Å². The minimum absolute atomic E-state index is 0.558. The molecular formula is C15H27NS. The molecule has 1 rings (SSSR count). The zero-order valence-corrected chi connectivity index (χ0v) is 12.5. The molecule has 0 bridgehead atoms. The van der Waals surface area contributed by atoms with Gasteiger partial charge in [0.05, 0.1) is 0 Å². The summed E-state index contributed by atoms with van der Waals surface area (Å²) in [4.78, 5) is 1.49. The van der Waals surface area contributed by atoms with Gasteiger partial charge in [-0.2, -0.15) is 0 Å². The van der Waals surface area contributed by atoms with Crippen molar-refractivity contribution in [3.05, 3.63) is 22.4 Å². The maximum atomic E-state index is 3.79. The second-order valence-corrected chi connectivity index (χ2v) is 6.37. The Morgan fingerprint density at radius 3 is 2.47 bits per heavy atom. The van der Waals surface area contributed by atoms with Crippen LogP contribution in [0.2, 0.25) is 0 Å². The Balaban J connectivity index is 2.44. The van der Waals surface area contributed by atoms with Crippen LogP contribution < -0.4 is 5.32 Å². The molecule has 17 heavy (non-hydrogen) atoms. The van der Waals surface area contributed by atoms with E-state index in [4.69, 9.17) is 0 Å². The van der Waals surface area contributed by atoms with Gasteiger partial charge in [-0.05, 0) is 43.6 Å². The third-order valence-electron chi connectivity index (χ3n) is 3.13. The van der Waals surface area contributed by atoms with Crippen molar-refractivity contribution in [3.8, 4) is 0 Å². The molecule has 0 radical (unpaired) electrons. The molecule has 1 aromatic rings. The number of nitrogens with one attached hydrogen (secondary N) is 1. The smallest absolute Gasteiger partial charge is 0.0416 e. The third-order valence-corrected chi connectivity index (χ3v) is 4.11. The molecule has 1 aromatic heterocycles. The molecule has 0 spiro atoms. The summed E-state index contributed by atoms with van der Waals surface area (Å²) in [6, 6.07) is 5.59. The molecule has 0 aliphatic carbocycles. The van der Waals surface area contributed by atoms with Gasteiger partial charge in [-0.25, -0.2) is 0 Å². The Morgan fingerprint density at radius 2 is 1.94 bits per heavy atom. The summed E-state index contributed by atoms with van der Waals surface area (Å²) < 4.78 is 0. The molecule has 2 unspecified atom stereocenters. The van der Waals surface area contributed by atoms with Crippen LogP contribution in [0, 0.1) is 5.92 Å². The summed E-state index contributed by atoms with van der Waals surface area (Å²) in [6.07, 6.45) is 5.08. The largest absolute Gasteiger partial charge is 0.307 e. The standard InChI is InChI=1S/C15H27NS/c1-5-7-14(15-8-6-11-17-15)16-13(4)10-9-12(2)3/h6,8,11-14,16H,5,7,9-10H2,1-4H3. The minimum Gasteiger partial charge on any atom is -0.307 e. The highest BCUT2D eigenvalue weighted by atomic mass is 32.1. The lowest BCUT2D eigenvalue weighted by Gasteiger charge is -2.22. The van der Waals surface area contributed by atoms with Gasteiger partial charge in [-0.3, -0.25) is 0 Å². The molecule has 0 saturated heterocycles. The number of rotatable bonds is 8. The van der Waals surface area contributed by atoms with Crippen LogP contribution in [-0.2, 0) is 0 Å². The SMILES string of the molecule is CCCC(NC(C)CCC(C)C)c1cccs1. The first kappa shape index (κ1) is 14.7. The van der Waals surface area contributed by atoms with Gasteiger partial charge in [0.15, 0.2) is 0 Å². The summed E-state index contributed by atoms with van der Waals surface area (Å²) in [5.41, 5.74) is 0. The lowest BCUT2D eigenvalue weighted by molar-refractivity contribution is 0.392. The van der Waals surface area contributed by atoms with E-state index in [0.717, 1.165) is 5.92 Å². The fourth-order valence-electron chi connectivity index (χ4n) is 2.10. The van der Waals surface area contributed by atoms with E-state index in [0.29, 0.717) is 12.1 Å². The molecule has 0 amide bonds. The molecular weight excluding hydrogens is 226 g/mol. The lowest BCUT2D eigenvalue weighted by Crippen LogP contribution is -2.30. The Bertz CT molecular complexity index is 279. The van der Waals surface area contributed by atoms with E-state index in [9.17, 15) is 0 Å². The van der Waals surface area contributed by atoms with Gasteiger partial charge in [0, 0.05) is 17.0 Å². The zero-order chi connectivity index (χ0) is 12.7. The van der Waals surface area contributed by atoms with E-state index in [1.807, 2.05) is 11.3 Å². The fraction of sp³-hybridized carbons (Fsp3) is 0.733. The van der Waals surface area contributed by atoms with Crippen LogP contribution in [0.1, 0.15) is 64.3 Å². The second-order valence-electron chi connectivity index (χ2n) is 5.40. The Kier molecular flexibility index (Phi) is 6.83. The first-order valence-electron chi connectivity index (χ1n) is 6.93. The average molecular weight is 253 g/mol. The first-order valence-corrected chi connectivity index (χ1v) is 7.80. The molecule has 0 aliphatic heterocycles. The number of thiophene rings is 1. The van der Waals surface area contributed by atoms with Crippen LogP contribution in [0.15, 0.2) is 17.5 Å². The molecule has 0 saturated carbocycles. The van der Waals surface area contributed by atoms with E-state index in [1.165, 1.54) is 30.6 Å². The van der Waals surface area contributed by atoms with Gasteiger partial charge in [-0.1, -0.05) is 33.3 Å². The Hall–Kier alpha value is -0.340. The molecule has 1 N–H and O–H groups in total. The highest BCUT2D eigenvalue weighted by Gasteiger charge is 2.14. The van der Waals surface area contributed by atoms with Crippen LogP contribution in [0.5, 0.6) is 0 Å². The molecule has 1 heterocycles. The van der Waals surface area contributed by atoms with Crippen LogP contribution >= 0.6 is 11.3 Å². The Morgan fingerprint density at radius 1 is 1.18 bits per heavy atom. The van der Waals surface area contributed by atoms with Gasteiger partial charge in [0.1, 0.15) is 0 Å². The van der Waals surface area contributed by atoms with Crippen LogP contribution in [0.3, 0.4) is 0 Å². The average Bonchev–Trinajstić information content (AvgIpc) is 2.79. The lowest BCUT2D eigenvalue weighted by atomic mass is 10.0. The van der Waals surface area contributed by atoms with Crippen LogP contribution in [0.4, 0.5) is 0 Å². The molecule has 1 nitrogen and oxygen atoms in total. The zero-order valence-electron chi connectivity index (χ0n) is 11.7. The van der Waals surface area contributed by atoms with Crippen molar-refractivity contribution in [2.45, 2.75) is 65.5 Å². The van der Waals surface area contributed by atoms with Crippen molar-refractivity contribution >= 4 is 11.3 Å².